The van der Waals surface area contributed by atoms with Gasteiger partial charge in [0.15, 0.2) is 0 Å². The molecule has 2 rings (SSSR count). The highest BCUT2D eigenvalue weighted by Crippen LogP contribution is 2.15. The zero-order valence-corrected chi connectivity index (χ0v) is 16.5. The van der Waals surface area contributed by atoms with E-state index in [0.717, 1.165) is 0 Å². The van der Waals surface area contributed by atoms with Crippen LogP contribution in [0.1, 0.15) is 0 Å². The molecule has 0 amide bonds. The largest absolute Gasteiger partial charge is 0.347 e. The number of aromatic nitrogens is 6. The first kappa shape index (κ1) is 19.1. The maximum atomic E-state index is 4.37. The van der Waals surface area contributed by atoms with E-state index in [1.807, 2.05) is 56.4 Å². The van der Waals surface area contributed by atoms with Gasteiger partial charge >= 0.3 is 0 Å². The van der Waals surface area contributed by atoms with E-state index in [1.165, 1.54) is 0 Å². The molecule has 26 heavy (non-hydrogen) atoms. The summed E-state index contributed by atoms with van der Waals surface area (Å²) in [5.41, 5.74) is 5.86. The maximum absolute atomic E-state index is 4.37. The standard InChI is InChI=1S/C14H26N12/c1-23(2)11-15-9(16-12(19-11)24(3)4)21-22-10-17-13(25(5)6)20-14(18-10)26(7)8/h1-8H3,(H,15,16,19,21)(H,17,18,20,22). The molecule has 0 aliphatic heterocycles. The summed E-state index contributed by atoms with van der Waals surface area (Å²) in [6, 6.07) is 0. The van der Waals surface area contributed by atoms with Crippen molar-refractivity contribution in [2.45, 2.75) is 0 Å². The summed E-state index contributed by atoms with van der Waals surface area (Å²) < 4.78 is 0. The van der Waals surface area contributed by atoms with E-state index in [-0.39, 0.29) is 0 Å². The van der Waals surface area contributed by atoms with E-state index < -0.39 is 0 Å². The fourth-order valence-electron chi connectivity index (χ4n) is 1.73. The third-order valence-corrected chi connectivity index (χ3v) is 3.11. The van der Waals surface area contributed by atoms with Crippen molar-refractivity contribution < 1.29 is 0 Å². The molecule has 0 aliphatic rings. The molecule has 0 bridgehead atoms. The van der Waals surface area contributed by atoms with Crippen LogP contribution in [0.15, 0.2) is 0 Å². The van der Waals surface area contributed by atoms with E-state index >= 15 is 0 Å². The number of nitrogens with one attached hydrogen (secondary N) is 2. The van der Waals surface area contributed by atoms with E-state index in [4.69, 9.17) is 0 Å². The normalized spacial score (nSPS) is 10.3. The summed E-state index contributed by atoms with van der Waals surface area (Å²) >= 11 is 0. The second-order valence-electron chi connectivity index (χ2n) is 6.35. The van der Waals surface area contributed by atoms with Gasteiger partial charge in [0.05, 0.1) is 0 Å². The first-order valence-corrected chi connectivity index (χ1v) is 7.91. The van der Waals surface area contributed by atoms with Gasteiger partial charge in [-0.15, -0.1) is 0 Å². The number of rotatable bonds is 7. The average Bonchev–Trinajstić information content (AvgIpc) is 2.59. The van der Waals surface area contributed by atoms with Crippen molar-refractivity contribution in [1.82, 2.24) is 29.9 Å². The van der Waals surface area contributed by atoms with Crippen molar-refractivity contribution in [3.8, 4) is 0 Å². The summed E-state index contributed by atoms with van der Waals surface area (Å²) in [5.74, 6) is 2.84. The molecule has 0 atom stereocenters. The molecular weight excluding hydrogens is 336 g/mol. The van der Waals surface area contributed by atoms with Crippen molar-refractivity contribution in [2.75, 3.05) is 86.8 Å². The molecule has 0 aromatic carbocycles. The highest BCUT2D eigenvalue weighted by atomic mass is 15.5. The van der Waals surface area contributed by atoms with Crippen LogP contribution in [0, 0.1) is 0 Å². The Kier molecular flexibility index (Phi) is 5.75. The van der Waals surface area contributed by atoms with Crippen molar-refractivity contribution in [3.63, 3.8) is 0 Å². The number of hydrazine groups is 1. The third kappa shape index (κ3) is 4.68. The molecule has 0 spiro atoms. The summed E-state index contributed by atoms with van der Waals surface area (Å²) in [4.78, 5) is 33.4. The summed E-state index contributed by atoms with van der Waals surface area (Å²) in [6.07, 6.45) is 0. The van der Waals surface area contributed by atoms with Gasteiger partial charge in [0.1, 0.15) is 0 Å². The number of nitrogens with zero attached hydrogens (tertiary/aromatic N) is 10. The molecule has 0 saturated carbocycles. The Balaban J connectivity index is 2.28. The van der Waals surface area contributed by atoms with Gasteiger partial charge in [-0.2, -0.15) is 29.9 Å². The molecule has 2 aromatic heterocycles. The molecule has 0 unspecified atom stereocenters. The Labute approximate surface area is 153 Å². The van der Waals surface area contributed by atoms with Gasteiger partial charge in [-0.1, -0.05) is 0 Å². The van der Waals surface area contributed by atoms with Gasteiger partial charge in [-0.25, -0.2) is 0 Å². The Morgan fingerprint density at radius 3 is 0.846 bits per heavy atom. The number of hydrogen-bond acceptors (Lipinski definition) is 12. The molecule has 2 heterocycles. The Hall–Kier alpha value is -3.18. The second-order valence-corrected chi connectivity index (χ2v) is 6.35. The second kappa shape index (κ2) is 7.80. The van der Waals surface area contributed by atoms with Crippen LogP contribution >= 0.6 is 0 Å². The van der Waals surface area contributed by atoms with Crippen LogP contribution in [0.5, 0.6) is 0 Å². The van der Waals surface area contributed by atoms with E-state index in [9.17, 15) is 0 Å². The van der Waals surface area contributed by atoms with Crippen LogP contribution in [0.3, 0.4) is 0 Å². The highest BCUT2D eigenvalue weighted by molar-refractivity contribution is 5.48. The first-order chi connectivity index (χ1) is 12.2. The first-order valence-electron chi connectivity index (χ1n) is 7.91. The highest BCUT2D eigenvalue weighted by Gasteiger charge is 2.12. The number of hydrogen-bond donors (Lipinski definition) is 2. The fraction of sp³-hybridized carbons (Fsp3) is 0.571. The molecule has 0 radical (unpaired) electrons. The topological polar surface area (TPSA) is 114 Å². The number of anilines is 6. The lowest BCUT2D eigenvalue weighted by Crippen LogP contribution is -2.23. The van der Waals surface area contributed by atoms with Gasteiger partial charge in [0.25, 0.3) is 0 Å². The molecule has 142 valence electrons. The average molecular weight is 362 g/mol. The minimum atomic E-state index is 0.352. The van der Waals surface area contributed by atoms with Gasteiger partial charge in [-0.3, -0.25) is 10.9 Å². The summed E-state index contributed by atoms with van der Waals surface area (Å²) in [6.45, 7) is 0. The van der Waals surface area contributed by atoms with Crippen molar-refractivity contribution in [1.29, 1.82) is 0 Å². The molecular formula is C14H26N12. The lowest BCUT2D eigenvalue weighted by atomic mass is 10.7. The zero-order valence-electron chi connectivity index (χ0n) is 16.5. The molecule has 12 heteroatoms. The summed E-state index contributed by atoms with van der Waals surface area (Å²) in [5, 5.41) is 0. The lowest BCUT2D eigenvalue weighted by molar-refractivity contribution is 0.904. The molecule has 0 fully saturated rings. The van der Waals surface area contributed by atoms with Crippen LogP contribution in [0.2, 0.25) is 0 Å². The van der Waals surface area contributed by atoms with E-state index in [2.05, 4.69) is 40.8 Å². The Morgan fingerprint density at radius 2 is 0.654 bits per heavy atom. The quantitative estimate of drug-likeness (QED) is 0.633. The molecule has 0 saturated heterocycles. The van der Waals surface area contributed by atoms with E-state index in [0.29, 0.717) is 35.7 Å². The fourth-order valence-corrected chi connectivity index (χ4v) is 1.73. The van der Waals surface area contributed by atoms with Crippen LogP contribution in [0.4, 0.5) is 35.7 Å². The minimum absolute atomic E-state index is 0.352. The van der Waals surface area contributed by atoms with Crippen LogP contribution in [-0.2, 0) is 0 Å². The molecule has 2 aromatic rings. The van der Waals surface area contributed by atoms with Crippen LogP contribution < -0.4 is 30.5 Å². The smallest absolute Gasteiger partial charge is 0.248 e. The lowest BCUT2D eigenvalue weighted by Gasteiger charge is -2.18. The molecule has 2 N–H and O–H groups in total. The van der Waals surface area contributed by atoms with Crippen LogP contribution in [0.25, 0.3) is 0 Å². The Morgan fingerprint density at radius 1 is 0.423 bits per heavy atom. The minimum Gasteiger partial charge on any atom is -0.347 e. The molecule has 12 nitrogen and oxygen atoms in total. The SMILES string of the molecule is CN(C)c1nc(NNc2nc(N(C)C)nc(N(C)C)n2)nc(N(C)C)n1. The van der Waals surface area contributed by atoms with Gasteiger partial charge < -0.3 is 19.6 Å². The third-order valence-electron chi connectivity index (χ3n) is 3.11. The maximum Gasteiger partial charge on any atom is 0.248 e. The van der Waals surface area contributed by atoms with E-state index in [1.54, 1.807) is 19.6 Å². The molecule has 0 aliphatic carbocycles. The van der Waals surface area contributed by atoms with Gasteiger partial charge in [0, 0.05) is 56.4 Å². The van der Waals surface area contributed by atoms with Gasteiger partial charge in [0.2, 0.25) is 35.7 Å². The zero-order chi connectivity index (χ0) is 19.4. The predicted octanol–water partition coefficient (Wildman–Crippen LogP) is -0.240. The Bertz CT molecular complexity index is 627. The van der Waals surface area contributed by atoms with Crippen LogP contribution in [-0.4, -0.2) is 86.3 Å². The van der Waals surface area contributed by atoms with Crippen molar-refractivity contribution in [3.05, 3.63) is 0 Å². The monoisotopic (exact) mass is 362 g/mol. The van der Waals surface area contributed by atoms with Gasteiger partial charge in [-0.05, 0) is 0 Å². The summed E-state index contributed by atoms with van der Waals surface area (Å²) in [7, 11) is 14.9. The van der Waals surface area contributed by atoms with Crippen molar-refractivity contribution in [2.24, 2.45) is 0 Å². The van der Waals surface area contributed by atoms with Crippen molar-refractivity contribution >= 4 is 35.7 Å². The predicted molar refractivity (Wildman–Crippen MR) is 104 cm³/mol.